The molecular weight excluding hydrogens is 278 g/mol. The maximum atomic E-state index is 6.27. The fraction of sp³-hybridized carbons (Fsp3) is 0.368. The van der Waals surface area contributed by atoms with Crippen molar-refractivity contribution >= 4 is 11.6 Å². The molecule has 0 fully saturated rings. The largest absolute Gasteiger partial charge is 0.327 e. The maximum absolute atomic E-state index is 6.27. The summed E-state index contributed by atoms with van der Waals surface area (Å²) in [5, 5.41) is 0.769. The topological polar surface area (TPSA) is 26.0 Å². The molecule has 2 aromatic rings. The lowest BCUT2D eigenvalue weighted by molar-refractivity contribution is 0.589. The molecule has 0 radical (unpaired) electrons. The van der Waals surface area contributed by atoms with Crippen molar-refractivity contribution in [3.05, 3.63) is 70.2 Å². The van der Waals surface area contributed by atoms with Gasteiger partial charge in [0.15, 0.2) is 0 Å². The van der Waals surface area contributed by atoms with E-state index in [0.717, 1.165) is 17.9 Å². The number of hydrogen-bond acceptors (Lipinski definition) is 1. The Morgan fingerprint density at radius 3 is 1.71 bits per heavy atom. The van der Waals surface area contributed by atoms with Crippen LogP contribution < -0.4 is 5.73 Å². The third-order valence-corrected chi connectivity index (χ3v) is 3.98. The molecule has 2 N–H and O–H groups in total. The minimum absolute atomic E-state index is 0.131. The monoisotopic (exact) mass is 301 g/mol. The van der Waals surface area contributed by atoms with E-state index in [0.29, 0.717) is 0 Å². The molecule has 1 atom stereocenters. The summed E-state index contributed by atoms with van der Waals surface area (Å²) in [5.41, 5.74) is 10.4. The van der Waals surface area contributed by atoms with E-state index in [1.54, 1.807) is 0 Å². The number of hydrogen-bond donors (Lipinski definition) is 1. The summed E-state index contributed by atoms with van der Waals surface area (Å²) < 4.78 is 0. The molecule has 0 amide bonds. The van der Waals surface area contributed by atoms with Gasteiger partial charge in [-0.25, -0.2) is 0 Å². The fourth-order valence-corrected chi connectivity index (χ4v) is 2.56. The van der Waals surface area contributed by atoms with Gasteiger partial charge in [0.2, 0.25) is 0 Å². The van der Waals surface area contributed by atoms with Crippen molar-refractivity contribution in [1.82, 2.24) is 0 Å². The van der Waals surface area contributed by atoms with E-state index < -0.39 is 0 Å². The zero-order chi connectivity index (χ0) is 15.5. The highest BCUT2D eigenvalue weighted by Gasteiger charge is 2.13. The van der Waals surface area contributed by atoms with Crippen LogP contribution in [0.15, 0.2) is 48.5 Å². The Hall–Kier alpha value is -1.31. The Balaban J connectivity index is 1.96. The molecule has 2 aromatic carbocycles. The number of nitrogens with two attached hydrogens (primary N) is 1. The van der Waals surface area contributed by atoms with Crippen LogP contribution >= 0.6 is 11.6 Å². The zero-order valence-electron chi connectivity index (χ0n) is 13.1. The average molecular weight is 302 g/mol. The molecular formula is C19H24ClN. The van der Waals surface area contributed by atoms with Crippen molar-refractivity contribution in [2.24, 2.45) is 5.73 Å². The van der Waals surface area contributed by atoms with Gasteiger partial charge >= 0.3 is 0 Å². The summed E-state index contributed by atoms with van der Waals surface area (Å²) in [5.74, 6) is 0. The Morgan fingerprint density at radius 1 is 0.857 bits per heavy atom. The molecule has 2 heteroatoms. The Bertz CT molecular complexity index is 564. The molecule has 0 bridgehead atoms. The average Bonchev–Trinajstić information content (AvgIpc) is 2.41. The van der Waals surface area contributed by atoms with Gasteiger partial charge in [-0.3, -0.25) is 0 Å². The summed E-state index contributed by atoms with van der Waals surface area (Å²) in [4.78, 5) is 0. The van der Waals surface area contributed by atoms with Crippen LogP contribution in [0.4, 0.5) is 0 Å². The van der Waals surface area contributed by atoms with Gasteiger partial charge in [0.1, 0.15) is 0 Å². The molecule has 0 spiro atoms. The van der Waals surface area contributed by atoms with E-state index in [-0.39, 0.29) is 11.5 Å². The van der Waals surface area contributed by atoms with Crippen LogP contribution in [0.3, 0.4) is 0 Å². The van der Waals surface area contributed by atoms with E-state index in [9.17, 15) is 0 Å². The van der Waals surface area contributed by atoms with Crippen LogP contribution in [-0.4, -0.2) is 6.04 Å². The van der Waals surface area contributed by atoms with Crippen LogP contribution in [0.2, 0.25) is 5.02 Å². The maximum Gasteiger partial charge on any atom is 0.0406 e. The smallest absolute Gasteiger partial charge is 0.0406 e. The van der Waals surface area contributed by atoms with Gasteiger partial charge in [-0.15, -0.1) is 0 Å². The Kier molecular flexibility index (Phi) is 5.08. The second-order valence-corrected chi connectivity index (χ2v) is 7.18. The third kappa shape index (κ3) is 4.87. The van der Waals surface area contributed by atoms with Crippen LogP contribution in [0.25, 0.3) is 0 Å². The molecule has 0 aliphatic heterocycles. The van der Waals surface area contributed by atoms with Crippen molar-refractivity contribution < 1.29 is 0 Å². The van der Waals surface area contributed by atoms with Crippen LogP contribution in [0.5, 0.6) is 0 Å². The first-order valence-electron chi connectivity index (χ1n) is 7.44. The number of halogens is 1. The van der Waals surface area contributed by atoms with Crippen molar-refractivity contribution in [3.8, 4) is 0 Å². The SMILES string of the molecule is CC(C)(C)c1ccc(CC(N)Cc2ccc(Cl)cc2)cc1. The molecule has 0 heterocycles. The number of benzene rings is 2. The van der Waals surface area contributed by atoms with Gasteiger partial charge in [0, 0.05) is 11.1 Å². The van der Waals surface area contributed by atoms with Crippen LogP contribution in [-0.2, 0) is 18.3 Å². The summed E-state index contributed by atoms with van der Waals surface area (Å²) in [6.45, 7) is 6.69. The van der Waals surface area contributed by atoms with Gasteiger partial charge in [-0.2, -0.15) is 0 Å². The van der Waals surface area contributed by atoms with Crippen molar-refractivity contribution in [1.29, 1.82) is 0 Å². The lowest BCUT2D eigenvalue weighted by Gasteiger charge is -2.19. The fourth-order valence-electron chi connectivity index (χ4n) is 2.44. The highest BCUT2D eigenvalue weighted by molar-refractivity contribution is 6.30. The van der Waals surface area contributed by atoms with E-state index >= 15 is 0 Å². The van der Waals surface area contributed by atoms with Gasteiger partial charge in [-0.1, -0.05) is 68.8 Å². The van der Waals surface area contributed by atoms with E-state index in [2.05, 4.69) is 45.0 Å². The van der Waals surface area contributed by atoms with Gasteiger partial charge in [-0.05, 0) is 47.1 Å². The van der Waals surface area contributed by atoms with Gasteiger partial charge < -0.3 is 5.73 Å². The molecule has 0 saturated heterocycles. The van der Waals surface area contributed by atoms with E-state index in [1.165, 1.54) is 16.7 Å². The lowest BCUT2D eigenvalue weighted by Crippen LogP contribution is -2.25. The van der Waals surface area contributed by atoms with Crippen molar-refractivity contribution in [2.45, 2.75) is 45.1 Å². The molecule has 2 rings (SSSR count). The second-order valence-electron chi connectivity index (χ2n) is 6.74. The quantitative estimate of drug-likeness (QED) is 0.866. The van der Waals surface area contributed by atoms with E-state index in [1.807, 2.05) is 24.3 Å². The summed E-state index contributed by atoms with van der Waals surface area (Å²) >= 11 is 5.90. The molecule has 1 nitrogen and oxygen atoms in total. The first kappa shape index (κ1) is 16.1. The predicted molar refractivity (Wildman–Crippen MR) is 92.0 cm³/mol. The molecule has 0 aliphatic carbocycles. The minimum Gasteiger partial charge on any atom is -0.327 e. The Morgan fingerprint density at radius 2 is 1.29 bits per heavy atom. The third-order valence-electron chi connectivity index (χ3n) is 3.73. The first-order chi connectivity index (χ1) is 9.84. The van der Waals surface area contributed by atoms with Crippen LogP contribution in [0.1, 0.15) is 37.5 Å². The normalized spacial score (nSPS) is 13.2. The first-order valence-corrected chi connectivity index (χ1v) is 7.82. The van der Waals surface area contributed by atoms with Crippen molar-refractivity contribution in [2.75, 3.05) is 0 Å². The molecule has 1 unspecified atom stereocenters. The predicted octanol–water partition coefficient (Wildman–Crippen LogP) is 4.75. The molecule has 0 aliphatic rings. The minimum atomic E-state index is 0.131. The standard InChI is InChI=1S/C19H24ClN/c1-19(2,3)16-8-4-14(5-9-16)12-18(21)13-15-6-10-17(20)11-7-15/h4-11,18H,12-13,21H2,1-3H3. The lowest BCUT2D eigenvalue weighted by atomic mass is 9.86. The number of rotatable bonds is 4. The van der Waals surface area contributed by atoms with Gasteiger partial charge in [0.05, 0.1) is 0 Å². The van der Waals surface area contributed by atoms with Gasteiger partial charge in [0.25, 0.3) is 0 Å². The molecule has 112 valence electrons. The highest BCUT2D eigenvalue weighted by Crippen LogP contribution is 2.22. The summed E-state index contributed by atoms with van der Waals surface area (Å²) in [6.07, 6.45) is 1.77. The van der Waals surface area contributed by atoms with E-state index in [4.69, 9.17) is 17.3 Å². The summed E-state index contributed by atoms with van der Waals surface area (Å²) in [6, 6.07) is 16.9. The highest BCUT2D eigenvalue weighted by atomic mass is 35.5. The second kappa shape index (κ2) is 6.64. The molecule has 0 aromatic heterocycles. The van der Waals surface area contributed by atoms with Crippen LogP contribution in [0, 0.1) is 0 Å². The Labute approximate surface area is 133 Å². The molecule has 0 saturated carbocycles. The van der Waals surface area contributed by atoms with Crippen molar-refractivity contribution in [3.63, 3.8) is 0 Å². The molecule has 21 heavy (non-hydrogen) atoms. The summed E-state index contributed by atoms with van der Waals surface area (Å²) in [7, 11) is 0. The zero-order valence-corrected chi connectivity index (χ0v) is 13.8.